The lowest BCUT2D eigenvalue weighted by molar-refractivity contribution is 0.0160. The van der Waals surface area contributed by atoms with Gasteiger partial charge in [0.25, 0.3) is 0 Å². The normalized spacial score (nSPS) is 25.1. The van der Waals surface area contributed by atoms with Crippen LogP contribution in [0.25, 0.3) is 0 Å². The van der Waals surface area contributed by atoms with E-state index in [2.05, 4.69) is 76.0 Å². The van der Waals surface area contributed by atoms with E-state index >= 15 is 0 Å². The van der Waals surface area contributed by atoms with Gasteiger partial charge in [-0.05, 0) is 89.9 Å². The molecule has 1 saturated heterocycles. The van der Waals surface area contributed by atoms with Crippen LogP contribution in [-0.2, 0) is 12.0 Å². The van der Waals surface area contributed by atoms with E-state index in [-0.39, 0.29) is 0 Å². The van der Waals surface area contributed by atoms with Crippen molar-refractivity contribution in [2.24, 2.45) is 11.8 Å². The van der Waals surface area contributed by atoms with E-state index in [1.807, 2.05) is 6.07 Å². The average Bonchev–Trinajstić information content (AvgIpc) is 3.01. The molecule has 0 spiro atoms. The van der Waals surface area contributed by atoms with Crippen molar-refractivity contribution in [2.75, 3.05) is 19.6 Å². The highest BCUT2D eigenvalue weighted by Crippen LogP contribution is 2.37. The van der Waals surface area contributed by atoms with E-state index in [0.717, 1.165) is 30.4 Å². The SMILES string of the molecule is OC(CCN1CCC2CCC(C2)C1)(Cc1ccccc1)c1ccc(I)cc1. The van der Waals surface area contributed by atoms with Crippen molar-refractivity contribution in [1.29, 1.82) is 0 Å². The molecule has 2 aromatic carbocycles. The zero-order valence-electron chi connectivity index (χ0n) is 16.0. The second-order valence-electron chi connectivity index (χ2n) is 8.59. The van der Waals surface area contributed by atoms with E-state index in [9.17, 15) is 5.11 Å². The molecule has 2 aromatic rings. The van der Waals surface area contributed by atoms with Crippen LogP contribution in [-0.4, -0.2) is 29.6 Å². The summed E-state index contributed by atoms with van der Waals surface area (Å²) in [6, 6.07) is 18.9. The van der Waals surface area contributed by atoms with Crippen molar-refractivity contribution in [1.82, 2.24) is 4.90 Å². The first-order chi connectivity index (χ1) is 13.1. The molecular formula is C24H30INO. The van der Waals surface area contributed by atoms with Crippen LogP contribution >= 0.6 is 22.6 Å². The molecule has 2 fully saturated rings. The fourth-order valence-electron chi connectivity index (χ4n) is 5.00. The number of nitrogens with zero attached hydrogens (tertiary/aromatic N) is 1. The number of likely N-dealkylation sites (tertiary alicyclic amines) is 1. The van der Waals surface area contributed by atoms with E-state index < -0.39 is 5.60 Å². The predicted octanol–water partition coefficient (Wildman–Crippen LogP) is 5.23. The Balaban J connectivity index is 1.49. The van der Waals surface area contributed by atoms with E-state index in [4.69, 9.17) is 0 Å². The highest BCUT2D eigenvalue weighted by molar-refractivity contribution is 14.1. The summed E-state index contributed by atoms with van der Waals surface area (Å²) in [5, 5.41) is 11.7. The van der Waals surface area contributed by atoms with Gasteiger partial charge in [0.05, 0.1) is 5.60 Å². The molecule has 3 atom stereocenters. The Morgan fingerprint density at radius 3 is 2.48 bits per heavy atom. The van der Waals surface area contributed by atoms with Crippen molar-refractivity contribution in [3.05, 3.63) is 69.3 Å². The van der Waals surface area contributed by atoms with Gasteiger partial charge < -0.3 is 10.0 Å². The van der Waals surface area contributed by atoms with Gasteiger partial charge in [-0.1, -0.05) is 48.9 Å². The van der Waals surface area contributed by atoms with Crippen LogP contribution in [0.3, 0.4) is 0 Å². The average molecular weight is 475 g/mol. The predicted molar refractivity (Wildman–Crippen MR) is 120 cm³/mol. The third-order valence-corrected chi connectivity index (χ3v) is 7.30. The molecule has 4 rings (SSSR count). The lowest BCUT2D eigenvalue weighted by atomic mass is 9.84. The Morgan fingerprint density at radius 1 is 0.963 bits per heavy atom. The molecule has 1 aliphatic heterocycles. The number of halogens is 1. The standard InChI is InChI=1S/C24H30INO/c25-23-10-8-22(9-11-23)24(27,17-20-4-2-1-3-5-20)13-15-26-14-12-19-6-7-21(16-19)18-26/h1-5,8-11,19,21,27H,6-7,12-18H2. The van der Waals surface area contributed by atoms with Crippen LogP contribution in [0, 0.1) is 15.4 Å². The van der Waals surface area contributed by atoms with Gasteiger partial charge in [0.2, 0.25) is 0 Å². The molecule has 144 valence electrons. The number of hydrogen-bond donors (Lipinski definition) is 1. The smallest absolute Gasteiger partial charge is 0.0948 e. The minimum atomic E-state index is -0.809. The first-order valence-electron chi connectivity index (χ1n) is 10.4. The Kier molecular flexibility index (Phi) is 6.20. The maximum atomic E-state index is 11.7. The van der Waals surface area contributed by atoms with Crippen LogP contribution in [0.15, 0.2) is 54.6 Å². The Morgan fingerprint density at radius 2 is 1.70 bits per heavy atom. The number of rotatable bonds is 6. The van der Waals surface area contributed by atoms with E-state index in [1.165, 1.54) is 47.9 Å². The van der Waals surface area contributed by atoms with Gasteiger partial charge in [-0.15, -0.1) is 0 Å². The fraction of sp³-hybridized carbons (Fsp3) is 0.500. The maximum Gasteiger partial charge on any atom is 0.0948 e. The van der Waals surface area contributed by atoms with Gasteiger partial charge in [-0.2, -0.15) is 0 Å². The third kappa shape index (κ3) is 4.93. The third-order valence-electron chi connectivity index (χ3n) is 6.58. The maximum absolute atomic E-state index is 11.7. The summed E-state index contributed by atoms with van der Waals surface area (Å²) in [6.45, 7) is 3.42. The van der Waals surface area contributed by atoms with Gasteiger partial charge in [-0.3, -0.25) is 0 Å². The molecule has 0 radical (unpaired) electrons. The molecule has 1 N–H and O–H groups in total. The Hall–Kier alpha value is -0.910. The van der Waals surface area contributed by atoms with Crippen molar-refractivity contribution in [3.63, 3.8) is 0 Å². The monoisotopic (exact) mass is 475 g/mol. The fourth-order valence-corrected chi connectivity index (χ4v) is 5.36. The van der Waals surface area contributed by atoms with E-state index in [0.29, 0.717) is 6.42 Å². The van der Waals surface area contributed by atoms with Crippen LogP contribution in [0.1, 0.15) is 43.2 Å². The molecule has 2 bridgehead atoms. The van der Waals surface area contributed by atoms with Crippen molar-refractivity contribution in [3.8, 4) is 0 Å². The molecule has 27 heavy (non-hydrogen) atoms. The first-order valence-corrected chi connectivity index (χ1v) is 11.4. The largest absolute Gasteiger partial charge is 0.385 e. The lowest BCUT2D eigenvalue weighted by Gasteiger charge is -2.33. The molecule has 1 heterocycles. The Bertz CT molecular complexity index is 732. The van der Waals surface area contributed by atoms with Crippen LogP contribution in [0.2, 0.25) is 0 Å². The minimum absolute atomic E-state index is 0.675. The summed E-state index contributed by atoms with van der Waals surface area (Å²) < 4.78 is 1.21. The summed E-state index contributed by atoms with van der Waals surface area (Å²) in [5.41, 5.74) is 1.44. The summed E-state index contributed by atoms with van der Waals surface area (Å²) in [6.07, 6.45) is 7.10. The van der Waals surface area contributed by atoms with Crippen LogP contribution in [0.5, 0.6) is 0 Å². The van der Waals surface area contributed by atoms with Gasteiger partial charge >= 0.3 is 0 Å². The van der Waals surface area contributed by atoms with Crippen molar-refractivity contribution in [2.45, 2.75) is 44.1 Å². The van der Waals surface area contributed by atoms with Gasteiger partial charge in [0.1, 0.15) is 0 Å². The number of hydrogen-bond acceptors (Lipinski definition) is 2. The van der Waals surface area contributed by atoms with Crippen molar-refractivity contribution < 1.29 is 5.11 Å². The molecule has 2 aliphatic rings. The highest BCUT2D eigenvalue weighted by atomic mass is 127. The molecular weight excluding hydrogens is 445 g/mol. The second-order valence-corrected chi connectivity index (χ2v) is 9.83. The summed E-state index contributed by atoms with van der Waals surface area (Å²) in [5.74, 6) is 1.84. The molecule has 1 saturated carbocycles. The van der Waals surface area contributed by atoms with Crippen molar-refractivity contribution >= 4 is 22.6 Å². The van der Waals surface area contributed by atoms with Crippen LogP contribution < -0.4 is 0 Å². The molecule has 0 aromatic heterocycles. The Labute approximate surface area is 177 Å². The first kappa shape index (κ1) is 19.4. The number of benzene rings is 2. The van der Waals surface area contributed by atoms with Gasteiger partial charge in [-0.25, -0.2) is 0 Å². The quantitative estimate of drug-likeness (QED) is 0.579. The summed E-state index contributed by atoms with van der Waals surface area (Å²) >= 11 is 2.33. The van der Waals surface area contributed by atoms with E-state index in [1.54, 1.807) is 0 Å². The number of fused-ring (bicyclic) bond motifs is 2. The van der Waals surface area contributed by atoms with Crippen LogP contribution in [0.4, 0.5) is 0 Å². The molecule has 0 amide bonds. The topological polar surface area (TPSA) is 23.5 Å². The molecule has 3 heteroatoms. The number of aliphatic hydroxyl groups is 1. The molecule has 1 aliphatic carbocycles. The van der Waals surface area contributed by atoms with Gasteiger partial charge in [0, 0.05) is 23.1 Å². The summed E-state index contributed by atoms with van der Waals surface area (Å²) in [4.78, 5) is 2.62. The highest BCUT2D eigenvalue weighted by Gasteiger charge is 2.33. The minimum Gasteiger partial charge on any atom is -0.385 e. The zero-order valence-corrected chi connectivity index (χ0v) is 18.1. The summed E-state index contributed by atoms with van der Waals surface area (Å²) in [7, 11) is 0. The second kappa shape index (κ2) is 8.62. The molecule has 2 nitrogen and oxygen atoms in total. The lowest BCUT2D eigenvalue weighted by Crippen LogP contribution is -2.37. The zero-order chi connectivity index (χ0) is 18.7. The molecule has 3 unspecified atom stereocenters. The van der Waals surface area contributed by atoms with Gasteiger partial charge in [0.15, 0.2) is 0 Å².